The highest BCUT2D eigenvalue weighted by molar-refractivity contribution is 9.10. The van der Waals surface area contributed by atoms with Crippen LogP contribution in [0.25, 0.3) is 0 Å². The summed E-state index contributed by atoms with van der Waals surface area (Å²) in [6.07, 6.45) is 3.86. The van der Waals surface area contributed by atoms with E-state index in [0.29, 0.717) is 23.1 Å². The van der Waals surface area contributed by atoms with Crippen LogP contribution in [0.2, 0.25) is 0 Å². The van der Waals surface area contributed by atoms with Gasteiger partial charge in [0.25, 0.3) is 5.91 Å². The van der Waals surface area contributed by atoms with Gasteiger partial charge in [-0.1, -0.05) is 12.2 Å². The van der Waals surface area contributed by atoms with Crippen LogP contribution in [0.15, 0.2) is 34.8 Å². The predicted octanol–water partition coefficient (Wildman–Crippen LogP) is 2.16. The van der Waals surface area contributed by atoms with Crippen molar-refractivity contribution in [2.75, 3.05) is 13.1 Å². The zero-order valence-electron chi connectivity index (χ0n) is 8.89. The molecule has 4 nitrogen and oxygen atoms in total. The van der Waals surface area contributed by atoms with Gasteiger partial charge in [-0.2, -0.15) is 0 Å². The molecule has 1 aliphatic rings. The third kappa shape index (κ3) is 2.39. The summed E-state index contributed by atoms with van der Waals surface area (Å²) >= 11 is 3.23. The van der Waals surface area contributed by atoms with E-state index in [2.05, 4.69) is 15.9 Å². The molecule has 0 aromatic heterocycles. The molecule has 2 rings (SSSR count). The van der Waals surface area contributed by atoms with Crippen molar-refractivity contribution in [3.05, 3.63) is 46.0 Å². The number of carbonyl (C=O) groups is 2. The van der Waals surface area contributed by atoms with Gasteiger partial charge in [0, 0.05) is 17.6 Å². The molecular weight excluding hydrogens is 286 g/mol. The van der Waals surface area contributed by atoms with Crippen molar-refractivity contribution in [1.82, 2.24) is 4.90 Å². The van der Waals surface area contributed by atoms with E-state index in [1.54, 1.807) is 4.90 Å². The van der Waals surface area contributed by atoms with Gasteiger partial charge in [0.2, 0.25) is 0 Å². The summed E-state index contributed by atoms with van der Waals surface area (Å²) in [5.74, 6) is -1.11. The number of benzene rings is 1. The van der Waals surface area contributed by atoms with Crippen molar-refractivity contribution in [2.24, 2.45) is 0 Å². The number of hydrogen-bond donors (Lipinski definition) is 1. The highest BCUT2D eigenvalue weighted by Crippen LogP contribution is 2.21. The van der Waals surface area contributed by atoms with Crippen molar-refractivity contribution in [2.45, 2.75) is 0 Å². The Morgan fingerprint density at radius 1 is 1.24 bits per heavy atom. The zero-order valence-corrected chi connectivity index (χ0v) is 10.5. The van der Waals surface area contributed by atoms with E-state index in [1.807, 2.05) is 12.2 Å². The maximum Gasteiger partial charge on any atom is 0.335 e. The lowest BCUT2D eigenvalue weighted by atomic mass is 10.1. The van der Waals surface area contributed by atoms with E-state index in [4.69, 9.17) is 5.11 Å². The molecular formula is C12H10BrNO3. The predicted molar refractivity (Wildman–Crippen MR) is 66.1 cm³/mol. The first-order chi connectivity index (χ1) is 8.09. The number of carbonyl (C=O) groups excluding carboxylic acids is 1. The second-order valence-corrected chi connectivity index (χ2v) is 4.54. The molecule has 0 saturated carbocycles. The van der Waals surface area contributed by atoms with Gasteiger partial charge >= 0.3 is 5.97 Å². The smallest absolute Gasteiger partial charge is 0.335 e. The first-order valence-corrected chi connectivity index (χ1v) is 5.86. The van der Waals surface area contributed by atoms with Crippen molar-refractivity contribution < 1.29 is 14.7 Å². The fourth-order valence-electron chi connectivity index (χ4n) is 1.64. The van der Waals surface area contributed by atoms with Crippen LogP contribution in [-0.4, -0.2) is 35.0 Å². The first kappa shape index (κ1) is 11.9. The van der Waals surface area contributed by atoms with E-state index in [0.717, 1.165) is 0 Å². The highest BCUT2D eigenvalue weighted by atomic mass is 79.9. The summed E-state index contributed by atoms with van der Waals surface area (Å²) < 4.78 is 0.509. The minimum atomic E-state index is -1.01. The standard InChI is InChI=1S/C12H10BrNO3/c13-10-7-8(12(16)17)3-4-9(10)11(15)14-5-1-2-6-14/h1-4,7H,5-6H2,(H,16,17). The Hall–Kier alpha value is -1.62. The molecule has 0 saturated heterocycles. The van der Waals surface area contributed by atoms with Gasteiger partial charge in [-0.3, -0.25) is 4.79 Å². The Morgan fingerprint density at radius 3 is 2.41 bits per heavy atom. The summed E-state index contributed by atoms with van der Waals surface area (Å²) in [4.78, 5) is 24.5. The monoisotopic (exact) mass is 295 g/mol. The van der Waals surface area contributed by atoms with Gasteiger partial charge in [0.15, 0.2) is 0 Å². The first-order valence-electron chi connectivity index (χ1n) is 5.06. The lowest BCUT2D eigenvalue weighted by Crippen LogP contribution is -2.28. The van der Waals surface area contributed by atoms with Crippen molar-refractivity contribution in [3.8, 4) is 0 Å². The molecule has 0 atom stereocenters. The number of aromatic carboxylic acids is 1. The van der Waals surface area contributed by atoms with Crippen LogP contribution in [0, 0.1) is 0 Å². The van der Waals surface area contributed by atoms with Gasteiger partial charge in [-0.25, -0.2) is 4.79 Å². The molecule has 1 aromatic carbocycles. The molecule has 1 aliphatic heterocycles. The number of nitrogens with zero attached hydrogens (tertiary/aromatic N) is 1. The number of carboxylic acid groups (broad SMARTS) is 1. The Kier molecular flexibility index (Phi) is 3.28. The average molecular weight is 296 g/mol. The Balaban J connectivity index is 2.27. The Morgan fingerprint density at radius 2 is 1.88 bits per heavy atom. The lowest BCUT2D eigenvalue weighted by Gasteiger charge is -2.16. The third-order valence-corrected chi connectivity index (χ3v) is 3.21. The molecule has 5 heteroatoms. The number of halogens is 1. The topological polar surface area (TPSA) is 57.6 Å². The molecule has 0 spiro atoms. The zero-order chi connectivity index (χ0) is 12.4. The average Bonchev–Trinajstić information content (AvgIpc) is 2.81. The van der Waals surface area contributed by atoms with Gasteiger partial charge in [-0.05, 0) is 34.1 Å². The molecule has 0 unspecified atom stereocenters. The SMILES string of the molecule is O=C(O)c1ccc(C(=O)N2CC=CC2)c(Br)c1. The maximum absolute atomic E-state index is 12.1. The quantitative estimate of drug-likeness (QED) is 0.851. The Bertz CT molecular complexity index is 502. The van der Waals surface area contributed by atoms with Crippen LogP contribution in [-0.2, 0) is 0 Å². The minimum Gasteiger partial charge on any atom is -0.478 e. The molecule has 1 heterocycles. The van der Waals surface area contributed by atoms with Crippen LogP contribution >= 0.6 is 15.9 Å². The summed E-state index contributed by atoms with van der Waals surface area (Å²) in [6, 6.07) is 4.41. The van der Waals surface area contributed by atoms with Crippen LogP contribution in [0.4, 0.5) is 0 Å². The maximum atomic E-state index is 12.1. The van der Waals surface area contributed by atoms with Crippen LogP contribution < -0.4 is 0 Å². The van der Waals surface area contributed by atoms with Gasteiger partial charge in [0.1, 0.15) is 0 Å². The van der Waals surface area contributed by atoms with E-state index in [1.165, 1.54) is 18.2 Å². The van der Waals surface area contributed by atoms with Crippen molar-refractivity contribution in [1.29, 1.82) is 0 Å². The molecule has 1 aromatic rings. The summed E-state index contributed by atoms with van der Waals surface area (Å²) in [5.41, 5.74) is 0.645. The minimum absolute atomic E-state index is 0.0983. The van der Waals surface area contributed by atoms with E-state index in [9.17, 15) is 9.59 Å². The molecule has 88 valence electrons. The van der Waals surface area contributed by atoms with Gasteiger partial charge in [-0.15, -0.1) is 0 Å². The number of rotatable bonds is 2. The lowest BCUT2D eigenvalue weighted by molar-refractivity contribution is 0.0695. The second-order valence-electron chi connectivity index (χ2n) is 3.68. The van der Waals surface area contributed by atoms with E-state index >= 15 is 0 Å². The molecule has 1 amide bonds. The largest absolute Gasteiger partial charge is 0.478 e. The number of hydrogen-bond acceptors (Lipinski definition) is 2. The van der Waals surface area contributed by atoms with Gasteiger partial charge < -0.3 is 10.0 Å². The molecule has 0 radical (unpaired) electrons. The summed E-state index contributed by atoms with van der Waals surface area (Å²) in [6.45, 7) is 1.21. The normalized spacial score (nSPS) is 14.1. The number of carboxylic acids is 1. The molecule has 17 heavy (non-hydrogen) atoms. The van der Waals surface area contributed by atoms with Crippen LogP contribution in [0.5, 0.6) is 0 Å². The summed E-state index contributed by atoms with van der Waals surface area (Å²) in [7, 11) is 0. The fourth-order valence-corrected chi connectivity index (χ4v) is 2.18. The Labute approximate surface area is 107 Å². The third-order valence-electron chi connectivity index (χ3n) is 2.55. The molecule has 0 aliphatic carbocycles. The van der Waals surface area contributed by atoms with Crippen molar-refractivity contribution in [3.63, 3.8) is 0 Å². The fraction of sp³-hybridized carbons (Fsp3) is 0.167. The van der Waals surface area contributed by atoms with E-state index < -0.39 is 5.97 Å². The highest BCUT2D eigenvalue weighted by Gasteiger charge is 2.19. The molecule has 0 fully saturated rings. The molecule has 0 bridgehead atoms. The van der Waals surface area contributed by atoms with Crippen LogP contribution in [0.3, 0.4) is 0 Å². The van der Waals surface area contributed by atoms with Crippen molar-refractivity contribution >= 4 is 27.8 Å². The van der Waals surface area contributed by atoms with Gasteiger partial charge in [0.05, 0.1) is 11.1 Å². The van der Waals surface area contributed by atoms with Crippen LogP contribution in [0.1, 0.15) is 20.7 Å². The second kappa shape index (κ2) is 4.71. The summed E-state index contributed by atoms with van der Waals surface area (Å²) in [5, 5.41) is 8.82. The number of amides is 1. The molecule has 1 N–H and O–H groups in total. The van der Waals surface area contributed by atoms with E-state index in [-0.39, 0.29) is 11.5 Å².